The van der Waals surface area contributed by atoms with E-state index in [4.69, 9.17) is 9.47 Å². The number of nitrogens with one attached hydrogen (secondary N) is 1. The van der Waals surface area contributed by atoms with E-state index in [1.807, 2.05) is 0 Å². The van der Waals surface area contributed by atoms with Gasteiger partial charge in [-0.1, -0.05) is 24.3 Å². The molecule has 0 spiro atoms. The van der Waals surface area contributed by atoms with Gasteiger partial charge in [-0.25, -0.2) is 12.8 Å². The Labute approximate surface area is 206 Å². The molecule has 36 heavy (non-hydrogen) atoms. The Bertz CT molecular complexity index is 1650. The molecule has 2 heterocycles. The third kappa shape index (κ3) is 4.60. The van der Waals surface area contributed by atoms with E-state index in [1.165, 1.54) is 55.5 Å². The second kappa shape index (κ2) is 9.21. The van der Waals surface area contributed by atoms with Gasteiger partial charge in [0.2, 0.25) is 16.8 Å². The molecule has 184 valence electrons. The number of ether oxygens (including phenoxy) is 2. The van der Waals surface area contributed by atoms with Crippen LogP contribution in [-0.2, 0) is 23.1 Å². The summed E-state index contributed by atoms with van der Waals surface area (Å²) >= 11 is 0. The zero-order valence-electron chi connectivity index (χ0n) is 19.2. The van der Waals surface area contributed by atoms with Gasteiger partial charge in [-0.15, -0.1) is 0 Å². The number of nitrogens with zero attached hydrogens (tertiary/aromatic N) is 1. The van der Waals surface area contributed by atoms with E-state index in [9.17, 15) is 22.4 Å². The number of carbonyl (C=O) groups excluding carboxylic acids is 1. The highest BCUT2D eigenvalue weighted by atomic mass is 32.2. The summed E-state index contributed by atoms with van der Waals surface area (Å²) in [5.74, 6) is 0.308. The smallest absolute Gasteiger partial charge is 0.252 e. The van der Waals surface area contributed by atoms with Crippen LogP contribution in [0.4, 0.5) is 4.39 Å². The van der Waals surface area contributed by atoms with Crippen LogP contribution in [0.25, 0.3) is 10.9 Å². The van der Waals surface area contributed by atoms with E-state index >= 15 is 0 Å². The third-order valence-electron chi connectivity index (χ3n) is 5.91. The predicted molar refractivity (Wildman–Crippen MR) is 130 cm³/mol. The second-order valence-electron chi connectivity index (χ2n) is 8.40. The quantitative estimate of drug-likeness (QED) is 0.379. The fourth-order valence-corrected chi connectivity index (χ4v) is 5.45. The molecule has 10 heteroatoms. The lowest BCUT2D eigenvalue weighted by molar-refractivity contribution is 0.101. The molecule has 3 aromatic carbocycles. The topological polar surface area (TPSA) is 106 Å². The Kier molecular flexibility index (Phi) is 6.07. The van der Waals surface area contributed by atoms with Crippen LogP contribution in [0, 0.1) is 5.82 Å². The van der Waals surface area contributed by atoms with E-state index in [1.54, 1.807) is 18.2 Å². The average molecular weight is 509 g/mol. The molecule has 0 aliphatic carbocycles. The molecule has 1 N–H and O–H groups in total. The number of aromatic amines is 1. The van der Waals surface area contributed by atoms with Gasteiger partial charge in [0.1, 0.15) is 5.82 Å². The minimum Gasteiger partial charge on any atom is -0.454 e. The summed E-state index contributed by atoms with van der Waals surface area (Å²) in [5, 5.41) is 0.645. The van der Waals surface area contributed by atoms with Gasteiger partial charge in [0, 0.05) is 35.7 Å². The predicted octanol–water partition coefficient (Wildman–Crippen LogP) is 3.99. The molecule has 0 amide bonds. The number of sulfonamides is 1. The minimum absolute atomic E-state index is 0.0752. The molecule has 0 saturated heterocycles. The monoisotopic (exact) mass is 508 g/mol. The second-order valence-corrected chi connectivity index (χ2v) is 10.3. The summed E-state index contributed by atoms with van der Waals surface area (Å²) in [4.78, 5) is 27.5. The van der Waals surface area contributed by atoms with Crippen molar-refractivity contribution in [1.29, 1.82) is 0 Å². The van der Waals surface area contributed by atoms with E-state index in [2.05, 4.69) is 4.98 Å². The summed E-state index contributed by atoms with van der Waals surface area (Å²) in [6.07, 6.45) is 0. The molecule has 0 bridgehead atoms. The molecule has 0 fully saturated rings. The number of fused-ring (bicyclic) bond motifs is 2. The van der Waals surface area contributed by atoms with Crippen LogP contribution in [0.3, 0.4) is 0 Å². The Morgan fingerprint density at radius 1 is 1.00 bits per heavy atom. The molecule has 5 rings (SSSR count). The van der Waals surface area contributed by atoms with Crippen LogP contribution in [0.5, 0.6) is 11.5 Å². The molecule has 8 nitrogen and oxygen atoms in total. The van der Waals surface area contributed by atoms with Gasteiger partial charge >= 0.3 is 0 Å². The maximum atomic E-state index is 13.7. The number of rotatable bonds is 7. The largest absolute Gasteiger partial charge is 0.454 e. The van der Waals surface area contributed by atoms with Crippen LogP contribution >= 0.6 is 0 Å². The fourth-order valence-electron chi connectivity index (χ4n) is 3.99. The summed E-state index contributed by atoms with van der Waals surface area (Å²) in [7, 11) is -4.15. The van der Waals surface area contributed by atoms with Crippen LogP contribution < -0.4 is 15.0 Å². The average Bonchev–Trinajstić information content (AvgIpc) is 3.31. The van der Waals surface area contributed by atoms with Crippen molar-refractivity contribution in [3.63, 3.8) is 0 Å². The molecular formula is C26H21FN2O6S. The first-order valence-electron chi connectivity index (χ1n) is 11.0. The highest BCUT2D eigenvalue weighted by Crippen LogP contribution is 2.35. The SMILES string of the molecule is CC(=O)c1cccc(S(=O)(=O)N(Cc2ccc(F)cc2)Cc2cc3cc4c(cc3[nH]c2=O)OCO4)c1. The third-order valence-corrected chi connectivity index (χ3v) is 7.70. The molecule has 0 radical (unpaired) electrons. The summed E-state index contributed by atoms with van der Waals surface area (Å²) < 4.78 is 52.8. The van der Waals surface area contributed by atoms with Crippen LogP contribution in [0.1, 0.15) is 28.4 Å². The number of pyridine rings is 1. The molecular weight excluding hydrogens is 487 g/mol. The zero-order valence-corrected chi connectivity index (χ0v) is 20.0. The Morgan fingerprint density at radius 3 is 2.44 bits per heavy atom. The molecule has 0 saturated carbocycles. The van der Waals surface area contributed by atoms with Crippen LogP contribution in [0.2, 0.25) is 0 Å². The van der Waals surface area contributed by atoms with Crippen molar-refractivity contribution in [3.05, 3.63) is 99.6 Å². The first-order valence-corrected chi connectivity index (χ1v) is 12.5. The van der Waals surface area contributed by atoms with Crippen molar-refractivity contribution in [2.75, 3.05) is 6.79 Å². The standard InChI is InChI=1S/C26H21FN2O6S/c1-16(30)18-3-2-4-22(10-18)36(32,33)29(13-17-5-7-21(27)8-6-17)14-20-9-19-11-24-25(35-15-34-24)12-23(19)28-26(20)31/h2-12H,13-15H2,1H3,(H,28,31). The number of ketones is 1. The zero-order chi connectivity index (χ0) is 25.4. The minimum atomic E-state index is -4.15. The van der Waals surface area contributed by atoms with E-state index in [-0.39, 0.29) is 41.7 Å². The van der Waals surface area contributed by atoms with Gasteiger partial charge in [-0.3, -0.25) is 9.59 Å². The number of hydrogen-bond acceptors (Lipinski definition) is 6. The Morgan fingerprint density at radius 2 is 1.72 bits per heavy atom. The summed E-state index contributed by atoms with van der Waals surface area (Å²) in [5.41, 5.74) is 1.05. The molecule has 1 aliphatic rings. The van der Waals surface area contributed by atoms with Crippen LogP contribution in [0.15, 0.2) is 76.4 Å². The number of halogens is 1. The number of hydrogen-bond donors (Lipinski definition) is 1. The van der Waals surface area contributed by atoms with Crippen molar-refractivity contribution in [2.45, 2.75) is 24.9 Å². The van der Waals surface area contributed by atoms with Gasteiger partial charge in [-0.2, -0.15) is 4.31 Å². The van der Waals surface area contributed by atoms with Crippen molar-refractivity contribution in [2.24, 2.45) is 0 Å². The Balaban J connectivity index is 1.57. The van der Waals surface area contributed by atoms with E-state index < -0.39 is 21.4 Å². The van der Waals surface area contributed by atoms with Gasteiger partial charge in [0.15, 0.2) is 17.3 Å². The lowest BCUT2D eigenvalue weighted by atomic mass is 10.1. The molecule has 1 aliphatic heterocycles. The van der Waals surface area contributed by atoms with Gasteiger partial charge in [0.25, 0.3) is 5.56 Å². The van der Waals surface area contributed by atoms with Crippen LogP contribution in [-0.4, -0.2) is 30.3 Å². The van der Waals surface area contributed by atoms with Gasteiger partial charge in [-0.05, 0) is 48.9 Å². The van der Waals surface area contributed by atoms with E-state index in [0.717, 1.165) is 4.31 Å². The maximum Gasteiger partial charge on any atom is 0.252 e. The number of H-pyrrole nitrogens is 1. The maximum absolute atomic E-state index is 13.7. The number of carbonyl (C=O) groups is 1. The summed E-state index contributed by atoms with van der Waals surface area (Å²) in [6, 6.07) is 16.1. The molecule has 1 aromatic heterocycles. The first-order chi connectivity index (χ1) is 17.2. The highest BCUT2D eigenvalue weighted by molar-refractivity contribution is 7.89. The van der Waals surface area contributed by atoms with Crippen molar-refractivity contribution >= 4 is 26.7 Å². The van der Waals surface area contributed by atoms with Crippen molar-refractivity contribution in [1.82, 2.24) is 9.29 Å². The van der Waals surface area contributed by atoms with Crippen molar-refractivity contribution < 1.29 is 27.1 Å². The number of Topliss-reactive ketones (excluding diaryl/α,β-unsaturated/α-hetero) is 1. The van der Waals surface area contributed by atoms with E-state index in [0.29, 0.717) is 28.0 Å². The first kappa shape index (κ1) is 23.7. The van der Waals surface area contributed by atoms with Gasteiger partial charge in [0.05, 0.1) is 10.4 Å². The normalized spacial score (nSPS) is 12.9. The number of aromatic nitrogens is 1. The highest BCUT2D eigenvalue weighted by Gasteiger charge is 2.27. The molecule has 4 aromatic rings. The molecule has 0 unspecified atom stereocenters. The van der Waals surface area contributed by atoms with Crippen molar-refractivity contribution in [3.8, 4) is 11.5 Å². The summed E-state index contributed by atoms with van der Waals surface area (Å²) in [6.45, 7) is 1.04. The Hall–Kier alpha value is -4.02. The fraction of sp³-hybridized carbons (Fsp3) is 0.154. The number of benzene rings is 3. The van der Waals surface area contributed by atoms with Gasteiger partial charge < -0.3 is 14.5 Å². The molecule has 0 atom stereocenters. The lowest BCUT2D eigenvalue weighted by Crippen LogP contribution is -2.32. The lowest BCUT2D eigenvalue weighted by Gasteiger charge is -2.23.